The van der Waals surface area contributed by atoms with Crippen LogP contribution >= 0.6 is 23.1 Å². The van der Waals surface area contributed by atoms with Gasteiger partial charge in [-0.15, -0.1) is 23.1 Å². The number of nitrogens with zero attached hydrogens (tertiary/aromatic N) is 2. The Morgan fingerprint density at radius 1 is 1.24 bits per heavy atom. The van der Waals surface area contributed by atoms with E-state index in [-0.39, 0.29) is 12.7 Å². The van der Waals surface area contributed by atoms with E-state index in [9.17, 15) is 4.79 Å². The highest BCUT2D eigenvalue weighted by Crippen LogP contribution is 2.40. The predicted octanol–water partition coefficient (Wildman–Crippen LogP) is 4.02. The van der Waals surface area contributed by atoms with Crippen LogP contribution in [0.5, 0.6) is 11.5 Å². The number of aryl methyl sites for hydroxylation is 3. The van der Waals surface area contributed by atoms with Crippen LogP contribution in [0.1, 0.15) is 34.7 Å². The Balaban J connectivity index is 1.19. The van der Waals surface area contributed by atoms with Crippen LogP contribution in [0.3, 0.4) is 0 Å². The number of thioether (sulfide) groups is 1. The Kier molecular flexibility index (Phi) is 5.05. The highest BCUT2D eigenvalue weighted by molar-refractivity contribution is 7.99. The molecular formula is C21H21N3O3S2. The van der Waals surface area contributed by atoms with Crippen molar-refractivity contribution in [1.29, 1.82) is 0 Å². The molecule has 0 radical (unpaired) electrons. The molecule has 0 saturated carbocycles. The monoisotopic (exact) mass is 427 g/mol. The van der Waals surface area contributed by atoms with Crippen LogP contribution in [-0.4, -0.2) is 28.4 Å². The van der Waals surface area contributed by atoms with E-state index >= 15 is 0 Å². The number of carbonyl (C=O) groups excluding carboxylic acids is 1. The molecule has 0 unspecified atom stereocenters. The summed E-state index contributed by atoms with van der Waals surface area (Å²) in [5, 5.41) is 5.23. The number of rotatable bonds is 6. The maximum atomic E-state index is 12.3. The van der Waals surface area contributed by atoms with E-state index in [1.165, 1.54) is 22.2 Å². The van der Waals surface area contributed by atoms with Gasteiger partial charge in [-0.25, -0.2) is 9.97 Å². The van der Waals surface area contributed by atoms with Crippen LogP contribution in [0.4, 0.5) is 0 Å². The summed E-state index contributed by atoms with van der Waals surface area (Å²) in [6.07, 6.45) is 3.94. The van der Waals surface area contributed by atoms with Crippen LogP contribution < -0.4 is 14.8 Å². The summed E-state index contributed by atoms with van der Waals surface area (Å²) in [4.78, 5) is 24.2. The molecule has 1 N–H and O–H groups in total. The van der Waals surface area contributed by atoms with Gasteiger partial charge in [-0.3, -0.25) is 4.79 Å². The zero-order valence-electron chi connectivity index (χ0n) is 16.1. The molecule has 29 heavy (non-hydrogen) atoms. The molecule has 150 valence electrons. The summed E-state index contributed by atoms with van der Waals surface area (Å²) >= 11 is 3.46. The van der Waals surface area contributed by atoms with E-state index in [0.29, 0.717) is 18.7 Å². The van der Waals surface area contributed by atoms with Crippen LogP contribution in [0.15, 0.2) is 23.2 Å². The lowest BCUT2D eigenvalue weighted by molar-refractivity contribution is -0.120. The van der Waals surface area contributed by atoms with Crippen LogP contribution in [0, 0.1) is 6.92 Å². The van der Waals surface area contributed by atoms with Gasteiger partial charge < -0.3 is 14.8 Å². The number of amides is 1. The molecule has 5 rings (SSSR count). The number of thiophene rings is 1. The third-order valence-electron chi connectivity index (χ3n) is 5.14. The molecule has 1 aliphatic heterocycles. The van der Waals surface area contributed by atoms with Crippen molar-refractivity contribution in [1.82, 2.24) is 15.3 Å². The quantitative estimate of drug-likeness (QED) is 0.473. The van der Waals surface area contributed by atoms with Gasteiger partial charge in [0.05, 0.1) is 0 Å². The molecule has 8 heteroatoms. The van der Waals surface area contributed by atoms with Crippen LogP contribution in [0.25, 0.3) is 10.2 Å². The summed E-state index contributed by atoms with van der Waals surface area (Å²) in [7, 11) is 0. The Morgan fingerprint density at radius 2 is 2.14 bits per heavy atom. The lowest BCUT2D eigenvalue weighted by atomic mass is 10.2. The zero-order valence-corrected chi connectivity index (χ0v) is 17.8. The van der Waals surface area contributed by atoms with E-state index < -0.39 is 0 Å². The number of benzene rings is 1. The van der Waals surface area contributed by atoms with E-state index in [0.717, 1.165) is 45.6 Å². The minimum Gasteiger partial charge on any atom is -0.454 e. The molecule has 0 spiro atoms. The molecule has 0 fully saturated rings. The van der Waals surface area contributed by atoms with Gasteiger partial charge >= 0.3 is 0 Å². The van der Waals surface area contributed by atoms with Crippen molar-refractivity contribution in [3.63, 3.8) is 0 Å². The topological polar surface area (TPSA) is 73.3 Å². The maximum absolute atomic E-state index is 12.3. The third kappa shape index (κ3) is 3.79. The van der Waals surface area contributed by atoms with Gasteiger partial charge in [0.1, 0.15) is 15.7 Å². The first-order chi connectivity index (χ1) is 14.2. The summed E-state index contributed by atoms with van der Waals surface area (Å²) in [6, 6.07) is 5.73. The summed E-state index contributed by atoms with van der Waals surface area (Å²) in [5.74, 6) is 3.02. The Bertz CT molecular complexity index is 1100. The second kappa shape index (κ2) is 7.84. The first-order valence-electron chi connectivity index (χ1n) is 9.74. The Morgan fingerprint density at radius 3 is 3.07 bits per heavy atom. The van der Waals surface area contributed by atoms with Crippen molar-refractivity contribution in [2.45, 2.75) is 44.2 Å². The van der Waals surface area contributed by atoms with E-state index in [1.807, 2.05) is 25.1 Å². The molecule has 1 aromatic carbocycles. The molecule has 0 bridgehead atoms. The minimum absolute atomic E-state index is 0.0349. The van der Waals surface area contributed by atoms with Gasteiger partial charge in [0, 0.05) is 29.0 Å². The zero-order chi connectivity index (χ0) is 19.8. The first kappa shape index (κ1) is 18.7. The number of hydrogen-bond donors (Lipinski definition) is 1. The van der Waals surface area contributed by atoms with Gasteiger partial charge in [-0.2, -0.15) is 0 Å². The van der Waals surface area contributed by atoms with Gasteiger partial charge in [0.15, 0.2) is 11.5 Å². The predicted molar refractivity (Wildman–Crippen MR) is 114 cm³/mol. The van der Waals surface area contributed by atoms with Crippen LogP contribution in [-0.2, 0) is 24.2 Å². The second-order valence-electron chi connectivity index (χ2n) is 7.18. The van der Waals surface area contributed by atoms with Gasteiger partial charge in [0.2, 0.25) is 12.7 Å². The molecule has 2 aromatic heterocycles. The third-order valence-corrected chi connectivity index (χ3v) is 7.30. The average Bonchev–Trinajstić information content (AvgIpc) is 3.41. The molecule has 0 saturated heterocycles. The van der Waals surface area contributed by atoms with Crippen molar-refractivity contribution in [2.24, 2.45) is 0 Å². The normalized spacial score (nSPS) is 14.4. The molecule has 0 atom stereocenters. The van der Waals surface area contributed by atoms with Crippen molar-refractivity contribution >= 4 is 39.2 Å². The SMILES string of the molecule is Cc1nc(SCCC(=O)NCc2ccc3c(c2)OCO3)c2c3c(sc2n1)CCC3. The minimum atomic E-state index is 0.0349. The number of fused-ring (bicyclic) bond motifs is 4. The van der Waals surface area contributed by atoms with E-state index in [4.69, 9.17) is 9.47 Å². The average molecular weight is 428 g/mol. The molecular weight excluding hydrogens is 406 g/mol. The van der Waals surface area contributed by atoms with Gasteiger partial charge in [-0.05, 0) is 49.4 Å². The molecule has 3 aromatic rings. The standard InChI is InChI=1S/C21H21N3O3S2/c1-12-23-20(19-14-3-2-4-17(14)29-21(19)24-12)28-8-7-18(25)22-10-13-5-6-15-16(9-13)27-11-26-15/h5-6,9H,2-4,7-8,10-11H2,1H3,(H,22,25). The number of aromatic nitrogens is 2. The largest absolute Gasteiger partial charge is 0.454 e. The van der Waals surface area contributed by atoms with E-state index in [1.54, 1.807) is 23.1 Å². The Labute approximate surface area is 177 Å². The van der Waals surface area contributed by atoms with Crippen molar-refractivity contribution < 1.29 is 14.3 Å². The highest BCUT2D eigenvalue weighted by atomic mass is 32.2. The van der Waals surface area contributed by atoms with Crippen molar-refractivity contribution in [3.05, 3.63) is 40.0 Å². The van der Waals surface area contributed by atoms with Crippen molar-refractivity contribution in [2.75, 3.05) is 12.5 Å². The number of ether oxygens (including phenoxy) is 2. The summed E-state index contributed by atoms with van der Waals surface area (Å²) in [6.45, 7) is 2.67. The fourth-order valence-corrected chi connectivity index (χ4v) is 6.16. The number of hydrogen-bond acceptors (Lipinski definition) is 7. The molecule has 3 heterocycles. The molecule has 1 amide bonds. The smallest absolute Gasteiger partial charge is 0.231 e. The van der Waals surface area contributed by atoms with Gasteiger partial charge in [0.25, 0.3) is 0 Å². The summed E-state index contributed by atoms with van der Waals surface area (Å²) in [5.41, 5.74) is 2.43. The fourth-order valence-electron chi connectivity index (χ4n) is 3.75. The fraction of sp³-hybridized carbons (Fsp3) is 0.381. The number of nitrogens with one attached hydrogen (secondary N) is 1. The molecule has 6 nitrogen and oxygen atoms in total. The van der Waals surface area contributed by atoms with Gasteiger partial charge in [-0.1, -0.05) is 6.07 Å². The first-order valence-corrected chi connectivity index (χ1v) is 11.5. The summed E-state index contributed by atoms with van der Waals surface area (Å²) < 4.78 is 10.7. The molecule has 1 aliphatic carbocycles. The second-order valence-corrected chi connectivity index (χ2v) is 9.34. The highest BCUT2D eigenvalue weighted by Gasteiger charge is 2.22. The Hall–Kier alpha value is -2.32. The maximum Gasteiger partial charge on any atom is 0.231 e. The molecule has 2 aliphatic rings. The van der Waals surface area contributed by atoms with Crippen LogP contribution in [0.2, 0.25) is 0 Å². The lowest BCUT2D eigenvalue weighted by Gasteiger charge is -2.07. The number of carbonyl (C=O) groups is 1. The lowest BCUT2D eigenvalue weighted by Crippen LogP contribution is -2.23. The van der Waals surface area contributed by atoms with E-state index in [2.05, 4.69) is 15.3 Å². The van der Waals surface area contributed by atoms with Crippen molar-refractivity contribution in [3.8, 4) is 11.5 Å².